The van der Waals surface area contributed by atoms with E-state index in [1.807, 2.05) is 24.4 Å². The van der Waals surface area contributed by atoms with Crippen molar-refractivity contribution < 1.29 is 9.18 Å². The molecule has 1 aliphatic carbocycles. The van der Waals surface area contributed by atoms with Crippen LogP contribution in [-0.2, 0) is 0 Å². The molecular weight excluding hydrogens is 357 g/mol. The number of hydrogen-bond donors (Lipinski definition) is 2. The Labute approximate surface area is 161 Å². The molecule has 1 aliphatic rings. The minimum Gasteiger partial charge on any atom is -0.377 e. The molecule has 7 heteroatoms. The number of nitriles is 1. The van der Waals surface area contributed by atoms with Crippen molar-refractivity contribution in [3.8, 4) is 17.2 Å². The largest absolute Gasteiger partial charge is 0.377 e. The fourth-order valence-corrected chi connectivity index (χ4v) is 3.81. The van der Waals surface area contributed by atoms with Crippen molar-refractivity contribution in [2.24, 2.45) is 5.73 Å². The van der Waals surface area contributed by atoms with Crippen molar-refractivity contribution in [2.45, 2.75) is 37.9 Å². The van der Waals surface area contributed by atoms with Gasteiger partial charge in [-0.15, -0.1) is 0 Å². The second-order valence-corrected chi connectivity index (χ2v) is 7.41. The number of halogens is 1. The Hall–Kier alpha value is -3.40. The van der Waals surface area contributed by atoms with E-state index in [4.69, 9.17) is 11.0 Å². The number of nitrogens with one attached hydrogen (secondary N) is 1. The zero-order valence-corrected chi connectivity index (χ0v) is 15.4. The number of fused-ring (bicyclic) bond motifs is 1. The van der Waals surface area contributed by atoms with E-state index in [1.54, 1.807) is 23.6 Å². The summed E-state index contributed by atoms with van der Waals surface area (Å²) in [5.74, 6) is -0.614. The number of primary amides is 1. The summed E-state index contributed by atoms with van der Waals surface area (Å²) in [7, 11) is 0. The molecule has 0 bridgehead atoms. The molecule has 0 radical (unpaired) electrons. The van der Waals surface area contributed by atoms with Gasteiger partial charge in [-0.25, -0.2) is 8.91 Å². The van der Waals surface area contributed by atoms with Crippen LogP contribution >= 0.6 is 0 Å². The van der Waals surface area contributed by atoms with Crippen molar-refractivity contribution in [1.82, 2.24) is 9.61 Å². The first-order valence-electron chi connectivity index (χ1n) is 9.16. The van der Waals surface area contributed by atoms with Gasteiger partial charge in [0.25, 0.3) is 5.91 Å². The van der Waals surface area contributed by atoms with Gasteiger partial charge >= 0.3 is 0 Å². The maximum Gasteiger partial charge on any atom is 0.252 e. The van der Waals surface area contributed by atoms with Crippen LogP contribution in [0.4, 0.5) is 10.1 Å². The van der Waals surface area contributed by atoms with Crippen molar-refractivity contribution in [3.63, 3.8) is 0 Å². The molecule has 142 valence electrons. The molecule has 1 amide bonds. The van der Waals surface area contributed by atoms with Crippen molar-refractivity contribution in [2.75, 3.05) is 5.32 Å². The van der Waals surface area contributed by atoms with Gasteiger partial charge in [0, 0.05) is 11.8 Å². The zero-order chi connectivity index (χ0) is 19.9. The lowest BCUT2D eigenvalue weighted by molar-refractivity contribution is 0.1000. The molecule has 1 saturated carbocycles. The molecule has 0 spiro atoms. The molecule has 28 heavy (non-hydrogen) atoms. The van der Waals surface area contributed by atoms with E-state index in [2.05, 4.69) is 16.5 Å². The average molecular weight is 377 g/mol. The van der Waals surface area contributed by atoms with E-state index in [0.717, 1.165) is 17.5 Å². The summed E-state index contributed by atoms with van der Waals surface area (Å²) in [5, 5.41) is 16.5. The molecule has 2 atom stereocenters. The van der Waals surface area contributed by atoms with E-state index in [9.17, 15) is 9.18 Å². The minimum absolute atomic E-state index is 0.236. The average Bonchev–Trinajstić information content (AvgIpc) is 3.25. The molecule has 1 aromatic carbocycles. The second kappa shape index (κ2) is 6.64. The topological polar surface area (TPSA) is 96.2 Å². The first-order chi connectivity index (χ1) is 13.4. The summed E-state index contributed by atoms with van der Waals surface area (Å²) >= 11 is 0. The van der Waals surface area contributed by atoms with Gasteiger partial charge in [0.15, 0.2) is 0 Å². The van der Waals surface area contributed by atoms with E-state index in [1.165, 1.54) is 6.20 Å². The van der Waals surface area contributed by atoms with Crippen LogP contribution in [0.25, 0.3) is 16.6 Å². The van der Waals surface area contributed by atoms with E-state index < -0.39 is 17.6 Å². The third-order valence-electron chi connectivity index (χ3n) is 5.45. The van der Waals surface area contributed by atoms with Crippen LogP contribution in [0.3, 0.4) is 0 Å². The number of nitrogens with two attached hydrogens (primary N) is 1. The third-order valence-corrected chi connectivity index (χ3v) is 5.45. The van der Waals surface area contributed by atoms with Crippen LogP contribution < -0.4 is 11.1 Å². The Morgan fingerprint density at radius 2 is 2.14 bits per heavy atom. The standard InChI is InChI=1S/C21H20FN5O/c1-21(22)8-2-3-18(21)26-19-16(20(24)28)11-25-27-12-15(9-17(19)27)14-6-4-13(10-23)5-7-14/h4-7,9,11-12,18,26H,2-3,8H2,1H3,(H2,24,28)/t18-,21+/m1/s1. The quantitative estimate of drug-likeness (QED) is 0.725. The number of carbonyl (C=O) groups is 1. The number of benzene rings is 1. The number of rotatable bonds is 4. The predicted molar refractivity (Wildman–Crippen MR) is 105 cm³/mol. The van der Waals surface area contributed by atoms with Gasteiger partial charge in [0.05, 0.1) is 40.6 Å². The molecule has 3 N–H and O–H groups in total. The summed E-state index contributed by atoms with van der Waals surface area (Å²) < 4.78 is 16.5. The molecule has 6 nitrogen and oxygen atoms in total. The maximum absolute atomic E-state index is 14.8. The van der Waals surface area contributed by atoms with Crippen molar-refractivity contribution >= 4 is 17.1 Å². The number of amides is 1. The highest BCUT2D eigenvalue weighted by Crippen LogP contribution is 2.37. The fourth-order valence-electron chi connectivity index (χ4n) is 3.81. The Balaban J connectivity index is 1.81. The van der Waals surface area contributed by atoms with Gasteiger partial charge < -0.3 is 11.1 Å². The zero-order valence-electron chi connectivity index (χ0n) is 15.4. The van der Waals surface area contributed by atoms with Crippen LogP contribution in [0.2, 0.25) is 0 Å². The molecule has 1 fully saturated rings. The molecular formula is C21H20FN5O. The van der Waals surface area contributed by atoms with Crippen LogP contribution in [0.5, 0.6) is 0 Å². The molecule has 0 unspecified atom stereocenters. The van der Waals surface area contributed by atoms with Crippen LogP contribution in [-0.4, -0.2) is 27.2 Å². The fraction of sp³-hybridized carbons (Fsp3) is 0.286. The number of nitrogens with zero attached hydrogens (tertiary/aromatic N) is 3. The van der Waals surface area contributed by atoms with Crippen LogP contribution in [0, 0.1) is 11.3 Å². The van der Waals surface area contributed by atoms with Gasteiger partial charge in [-0.3, -0.25) is 4.79 Å². The monoisotopic (exact) mass is 377 g/mol. The van der Waals surface area contributed by atoms with E-state index in [-0.39, 0.29) is 5.56 Å². The normalized spacial score (nSPS) is 21.5. The number of hydrogen-bond acceptors (Lipinski definition) is 4. The number of alkyl halides is 1. The summed E-state index contributed by atoms with van der Waals surface area (Å²) in [4.78, 5) is 12.0. The first kappa shape index (κ1) is 18.0. The maximum atomic E-state index is 14.8. The Morgan fingerprint density at radius 1 is 1.39 bits per heavy atom. The predicted octanol–water partition coefficient (Wildman–Crippen LogP) is 3.66. The number of aromatic nitrogens is 2. The van der Waals surface area contributed by atoms with E-state index in [0.29, 0.717) is 29.6 Å². The van der Waals surface area contributed by atoms with Gasteiger partial charge in [-0.2, -0.15) is 10.4 Å². The van der Waals surface area contributed by atoms with Crippen molar-refractivity contribution in [3.05, 3.63) is 53.9 Å². The number of carbonyl (C=O) groups excluding carboxylic acids is 1. The third kappa shape index (κ3) is 3.07. The van der Waals surface area contributed by atoms with Gasteiger partial charge in [0.1, 0.15) is 5.67 Å². The van der Waals surface area contributed by atoms with Gasteiger partial charge in [0.2, 0.25) is 0 Å². The van der Waals surface area contributed by atoms with Gasteiger partial charge in [-0.05, 0) is 49.9 Å². The Kier molecular flexibility index (Phi) is 4.27. The highest BCUT2D eigenvalue weighted by molar-refractivity contribution is 6.02. The highest BCUT2D eigenvalue weighted by Gasteiger charge is 2.39. The molecule has 4 rings (SSSR count). The first-order valence-corrected chi connectivity index (χ1v) is 9.16. The molecule has 0 aliphatic heterocycles. The summed E-state index contributed by atoms with van der Waals surface area (Å²) in [5.41, 5.74) is 7.94. The molecule has 2 heterocycles. The second-order valence-electron chi connectivity index (χ2n) is 7.41. The van der Waals surface area contributed by atoms with Gasteiger partial charge in [-0.1, -0.05) is 12.1 Å². The summed E-state index contributed by atoms with van der Waals surface area (Å²) in [6.07, 6.45) is 5.19. The smallest absolute Gasteiger partial charge is 0.252 e. The Bertz CT molecular complexity index is 1090. The SMILES string of the molecule is C[C@]1(F)CCC[C@H]1Nc1c(C(N)=O)cnn2cc(-c3ccc(C#N)cc3)cc12. The molecule has 3 aromatic rings. The van der Waals surface area contributed by atoms with E-state index >= 15 is 0 Å². The lowest BCUT2D eigenvalue weighted by atomic mass is 10.0. The summed E-state index contributed by atoms with van der Waals surface area (Å²) in [6.45, 7) is 1.58. The molecule has 0 saturated heterocycles. The lowest BCUT2D eigenvalue weighted by Crippen LogP contribution is -2.36. The van der Waals surface area contributed by atoms with Crippen LogP contribution in [0.15, 0.2) is 42.7 Å². The minimum atomic E-state index is -1.35. The van der Waals surface area contributed by atoms with Crippen LogP contribution in [0.1, 0.15) is 42.1 Å². The van der Waals surface area contributed by atoms with Crippen molar-refractivity contribution in [1.29, 1.82) is 5.26 Å². The summed E-state index contributed by atoms with van der Waals surface area (Å²) in [6, 6.07) is 10.8. The molecule has 2 aromatic heterocycles. The highest BCUT2D eigenvalue weighted by atomic mass is 19.1. The Morgan fingerprint density at radius 3 is 2.75 bits per heavy atom. The lowest BCUT2D eigenvalue weighted by Gasteiger charge is -2.26. The number of anilines is 1.